The van der Waals surface area contributed by atoms with E-state index >= 15 is 0 Å². The first-order valence-electron chi connectivity index (χ1n) is 8.84. The normalized spacial score (nSPS) is 11.6. The lowest BCUT2D eigenvalue weighted by Crippen LogP contribution is -2.01. The molecule has 0 saturated heterocycles. The van der Waals surface area contributed by atoms with Crippen molar-refractivity contribution >= 4 is 46.3 Å². The largest absolute Gasteiger partial charge is 0.489 e. The van der Waals surface area contributed by atoms with Gasteiger partial charge >= 0.3 is 0 Å². The van der Waals surface area contributed by atoms with Crippen LogP contribution >= 0.6 is 23.2 Å². The lowest BCUT2D eigenvalue weighted by molar-refractivity contribution is 0.269. The summed E-state index contributed by atoms with van der Waals surface area (Å²) in [5.41, 5.74) is 3.29. The fraction of sp³-hybridized carbons (Fsp3) is 0.150. The summed E-state index contributed by atoms with van der Waals surface area (Å²) in [5, 5.41) is 22.4. The lowest BCUT2D eigenvalue weighted by atomic mass is 10.2. The molecule has 0 bridgehead atoms. The van der Waals surface area contributed by atoms with Gasteiger partial charge < -0.3 is 9.84 Å². The second-order valence-corrected chi connectivity index (χ2v) is 7.09. The highest BCUT2D eigenvalue weighted by molar-refractivity contribution is 6.35. The lowest BCUT2D eigenvalue weighted by Gasteiger charge is -2.09. The molecule has 7 nitrogen and oxygen atoms in total. The van der Waals surface area contributed by atoms with Crippen LogP contribution in [0.15, 0.2) is 43.0 Å². The predicted molar refractivity (Wildman–Crippen MR) is 113 cm³/mol. The number of aliphatic hydroxyl groups is 1. The van der Waals surface area contributed by atoms with Gasteiger partial charge in [0.2, 0.25) is 0 Å². The van der Waals surface area contributed by atoms with Crippen molar-refractivity contribution < 1.29 is 9.84 Å². The Hall–Kier alpha value is -2.87. The average Bonchev–Trinajstić information content (AvgIpc) is 3.33. The number of aliphatic hydroxyl groups excluding tert-OH is 1. The zero-order valence-corrected chi connectivity index (χ0v) is 16.7. The first-order chi connectivity index (χ1) is 14.1. The number of ether oxygens (including phenoxy) is 1. The molecular weight excluding hydrogens is 413 g/mol. The number of fused-ring (bicyclic) bond motifs is 1. The number of aromatic amines is 1. The third kappa shape index (κ3) is 4.42. The van der Waals surface area contributed by atoms with Gasteiger partial charge in [-0.25, -0.2) is 0 Å². The fourth-order valence-electron chi connectivity index (χ4n) is 2.83. The minimum atomic E-state index is 0.0491. The summed E-state index contributed by atoms with van der Waals surface area (Å²) >= 11 is 12.3. The van der Waals surface area contributed by atoms with Crippen LogP contribution in [-0.2, 0) is 13.2 Å². The number of aromatic nitrogens is 5. The number of nitrogens with one attached hydrogen (secondary N) is 1. The van der Waals surface area contributed by atoms with Gasteiger partial charge in [-0.3, -0.25) is 14.8 Å². The molecule has 0 aliphatic rings. The zero-order valence-electron chi connectivity index (χ0n) is 15.2. The predicted octanol–water partition coefficient (Wildman–Crippen LogP) is 4.20. The van der Waals surface area contributed by atoms with E-state index in [1.54, 1.807) is 10.9 Å². The number of H-pyrrole nitrogens is 1. The standard InChI is InChI=1S/C20H17Cl2N5O2/c21-17-9-23-10-18(22)16(17)12-29-14-2-4-20-15(7-14)19(25-26-20)3-1-13-8-24-27(11-13)5-6-28/h1-4,7-11,28H,5-6,12H2,(H,25,26)/b3-1+. The van der Waals surface area contributed by atoms with Crippen LogP contribution in [0, 0.1) is 0 Å². The minimum absolute atomic E-state index is 0.0491. The molecule has 2 N–H and O–H groups in total. The van der Waals surface area contributed by atoms with Crippen LogP contribution in [0.2, 0.25) is 10.0 Å². The number of benzene rings is 1. The van der Waals surface area contributed by atoms with Crippen molar-refractivity contribution in [1.29, 1.82) is 0 Å². The van der Waals surface area contributed by atoms with E-state index in [1.165, 1.54) is 12.4 Å². The van der Waals surface area contributed by atoms with E-state index in [-0.39, 0.29) is 13.2 Å². The molecule has 0 fully saturated rings. The van der Waals surface area contributed by atoms with Crippen LogP contribution in [0.4, 0.5) is 0 Å². The highest BCUT2D eigenvalue weighted by Gasteiger charge is 2.09. The van der Waals surface area contributed by atoms with Crippen LogP contribution in [0.5, 0.6) is 5.75 Å². The third-order valence-corrected chi connectivity index (χ3v) is 4.97. The molecule has 3 heterocycles. The Balaban J connectivity index is 1.53. The van der Waals surface area contributed by atoms with E-state index in [0.29, 0.717) is 27.9 Å². The Morgan fingerprint density at radius 2 is 1.97 bits per heavy atom. The van der Waals surface area contributed by atoms with E-state index in [2.05, 4.69) is 20.3 Å². The van der Waals surface area contributed by atoms with E-state index in [1.807, 2.05) is 36.5 Å². The van der Waals surface area contributed by atoms with Crippen molar-refractivity contribution in [1.82, 2.24) is 25.0 Å². The van der Waals surface area contributed by atoms with Crippen molar-refractivity contribution in [3.05, 3.63) is 69.9 Å². The number of hydrogen-bond donors (Lipinski definition) is 2. The molecule has 4 rings (SSSR count). The molecule has 0 aliphatic carbocycles. The molecule has 29 heavy (non-hydrogen) atoms. The summed E-state index contributed by atoms with van der Waals surface area (Å²) in [5.74, 6) is 0.674. The molecule has 148 valence electrons. The molecule has 9 heteroatoms. The van der Waals surface area contributed by atoms with E-state index < -0.39 is 0 Å². The Bertz CT molecular complexity index is 1150. The topological polar surface area (TPSA) is 88.8 Å². The van der Waals surface area contributed by atoms with Crippen molar-refractivity contribution in [2.45, 2.75) is 13.2 Å². The number of hydrogen-bond acceptors (Lipinski definition) is 5. The van der Waals surface area contributed by atoms with Crippen molar-refractivity contribution in [2.75, 3.05) is 6.61 Å². The molecule has 0 aliphatic heterocycles. The van der Waals surface area contributed by atoms with Crippen LogP contribution in [-0.4, -0.2) is 36.7 Å². The van der Waals surface area contributed by atoms with Crippen molar-refractivity contribution in [2.24, 2.45) is 0 Å². The number of pyridine rings is 1. The van der Waals surface area contributed by atoms with Crippen LogP contribution in [0.3, 0.4) is 0 Å². The maximum Gasteiger partial charge on any atom is 0.120 e. The highest BCUT2D eigenvalue weighted by Crippen LogP contribution is 2.27. The summed E-state index contributed by atoms with van der Waals surface area (Å²) in [4.78, 5) is 3.94. The maximum atomic E-state index is 8.98. The smallest absolute Gasteiger partial charge is 0.120 e. The summed E-state index contributed by atoms with van der Waals surface area (Å²) < 4.78 is 7.56. The minimum Gasteiger partial charge on any atom is -0.489 e. The van der Waals surface area contributed by atoms with Gasteiger partial charge in [0.1, 0.15) is 12.4 Å². The summed E-state index contributed by atoms with van der Waals surface area (Å²) in [6.45, 7) is 0.748. The van der Waals surface area contributed by atoms with Gasteiger partial charge in [0, 0.05) is 35.1 Å². The molecule has 0 unspecified atom stereocenters. The van der Waals surface area contributed by atoms with Gasteiger partial charge in [-0.15, -0.1) is 0 Å². The Labute approximate surface area is 176 Å². The zero-order chi connectivity index (χ0) is 20.2. The Morgan fingerprint density at radius 3 is 2.76 bits per heavy atom. The van der Waals surface area contributed by atoms with Gasteiger partial charge in [-0.2, -0.15) is 10.2 Å². The molecule has 0 spiro atoms. The van der Waals surface area contributed by atoms with Gasteiger partial charge in [0.05, 0.1) is 40.6 Å². The van der Waals surface area contributed by atoms with Gasteiger partial charge in [-0.1, -0.05) is 23.2 Å². The highest BCUT2D eigenvalue weighted by atomic mass is 35.5. The van der Waals surface area contributed by atoms with Crippen LogP contribution < -0.4 is 4.74 Å². The molecule has 0 radical (unpaired) electrons. The van der Waals surface area contributed by atoms with E-state index in [4.69, 9.17) is 33.0 Å². The second kappa shape index (κ2) is 8.65. The van der Waals surface area contributed by atoms with Crippen molar-refractivity contribution in [3.63, 3.8) is 0 Å². The van der Waals surface area contributed by atoms with Gasteiger partial charge in [0.15, 0.2) is 0 Å². The number of rotatable bonds is 7. The molecule has 3 aromatic heterocycles. The SMILES string of the molecule is OCCn1cc(/C=C/c2n[nH]c3ccc(OCc4c(Cl)cncc4Cl)cc23)cn1. The number of nitrogens with zero attached hydrogens (tertiary/aromatic N) is 4. The Kier molecular flexibility index (Phi) is 5.80. The molecule has 0 saturated carbocycles. The molecular formula is C20H17Cl2N5O2. The monoisotopic (exact) mass is 429 g/mol. The Morgan fingerprint density at radius 1 is 1.14 bits per heavy atom. The van der Waals surface area contributed by atoms with Crippen LogP contribution in [0.1, 0.15) is 16.8 Å². The van der Waals surface area contributed by atoms with E-state index in [0.717, 1.165) is 22.2 Å². The molecule has 0 amide bonds. The maximum absolute atomic E-state index is 8.98. The summed E-state index contributed by atoms with van der Waals surface area (Å²) in [6, 6.07) is 5.68. The fourth-order valence-corrected chi connectivity index (χ4v) is 3.30. The van der Waals surface area contributed by atoms with Crippen LogP contribution in [0.25, 0.3) is 23.1 Å². The number of halogens is 2. The second-order valence-electron chi connectivity index (χ2n) is 6.28. The molecule has 0 atom stereocenters. The first kappa shape index (κ1) is 19.4. The average molecular weight is 430 g/mol. The van der Waals surface area contributed by atoms with Gasteiger partial charge in [-0.05, 0) is 30.4 Å². The first-order valence-corrected chi connectivity index (χ1v) is 9.60. The molecule has 1 aromatic carbocycles. The molecule has 4 aromatic rings. The van der Waals surface area contributed by atoms with Crippen molar-refractivity contribution in [3.8, 4) is 5.75 Å². The third-order valence-electron chi connectivity index (χ3n) is 4.32. The summed E-state index contributed by atoms with van der Waals surface area (Å²) in [6.07, 6.45) is 10.5. The summed E-state index contributed by atoms with van der Waals surface area (Å²) in [7, 11) is 0. The van der Waals surface area contributed by atoms with Gasteiger partial charge in [0.25, 0.3) is 0 Å². The quantitative estimate of drug-likeness (QED) is 0.459. The van der Waals surface area contributed by atoms with E-state index in [9.17, 15) is 0 Å².